The Morgan fingerprint density at radius 2 is 2.04 bits per heavy atom. The Balaban J connectivity index is 2.00. The Hall–Kier alpha value is -3.36. The Morgan fingerprint density at radius 3 is 2.71 bits per heavy atom. The number of nitrogens with one attached hydrogen (secondary N) is 2. The van der Waals surface area contributed by atoms with Gasteiger partial charge in [0, 0.05) is 29.7 Å². The van der Waals surface area contributed by atoms with Crippen LogP contribution in [0.3, 0.4) is 0 Å². The van der Waals surface area contributed by atoms with Crippen LogP contribution in [0.5, 0.6) is 0 Å². The van der Waals surface area contributed by atoms with Gasteiger partial charge in [0.15, 0.2) is 0 Å². The second kappa shape index (κ2) is 6.03. The van der Waals surface area contributed by atoms with E-state index >= 15 is 0 Å². The van der Waals surface area contributed by atoms with Gasteiger partial charge in [0.25, 0.3) is 11.5 Å². The number of hydrogen-bond acceptors (Lipinski definition) is 6. The highest BCUT2D eigenvalue weighted by Gasteiger charge is 2.15. The molecule has 0 unspecified atom stereocenters. The van der Waals surface area contributed by atoms with E-state index in [9.17, 15) is 9.59 Å². The summed E-state index contributed by atoms with van der Waals surface area (Å²) in [5.74, 6) is 0.163. The number of aromatic nitrogens is 6. The molecule has 0 aromatic carbocycles. The third-order valence-corrected chi connectivity index (χ3v) is 3.45. The molecule has 24 heavy (non-hydrogen) atoms. The fourth-order valence-electron chi connectivity index (χ4n) is 2.08. The van der Waals surface area contributed by atoms with Gasteiger partial charge in [0.05, 0.1) is 11.9 Å². The predicted molar refractivity (Wildman–Crippen MR) is 86.2 cm³/mol. The van der Waals surface area contributed by atoms with Gasteiger partial charge in [0.2, 0.25) is 5.95 Å². The number of aromatic amines is 1. The maximum absolute atomic E-state index is 12.2. The lowest BCUT2D eigenvalue weighted by molar-refractivity contribution is 0.102. The minimum atomic E-state index is -0.435. The molecular weight excluding hydrogens is 310 g/mol. The van der Waals surface area contributed by atoms with Crippen molar-refractivity contribution in [2.24, 2.45) is 0 Å². The summed E-state index contributed by atoms with van der Waals surface area (Å²) in [6.07, 6.45) is 4.27. The Bertz CT molecular complexity index is 960. The molecular formula is C15H15N7O2. The average Bonchev–Trinajstić information content (AvgIpc) is 2.93. The summed E-state index contributed by atoms with van der Waals surface area (Å²) in [6, 6.07) is 1.67. The topological polar surface area (TPSA) is 118 Å². The first kappa shape index (κ1) is 15.5. The fourth-order valence-corrected chi connectivity index (χ4v) is 2.08. The van der Waals surface area contributed by atoms with Crippen LogP contribution in [0.15, 0.2) is 29.5 Å². The summed E-state index contributed by atoms with van der Waals surface area (Å²) in [7, 11) is 0. The van der Waals surface area contributed by atoms with Gasteiger partial charge in [-0.25, -0.2) is 9.97 Å². The van der Waals surface area contributed by atoms with E-state index in [0.29, 0.717) is 22.8 Å². The number of carbonyl (C=O) groups is 1. The third-order valence-electron chi connectivity index (χ3n) is 3.45. The summed E-state index contributed by atoms with van der Waals surface area (Å²) in [6.45, 7) is 5.20. The van der Waals surface area contributed by atoms with Crippen molar-refractivity contribution in [1.29, 1.82) is 0 Å². The molecule has 0 aliphatic rings. The molecule has 0 saturated heterocycles. The molecule has 2 N–H and O–H groups in total. The zero-order valence-corrected chi connectivity index (χ0v) is 13.4. The first-order valence-corrected chi connectivity index (χ1v) is 7.17. The fraction of sp³-hybridized carbons (Fsp3) is 0.200. The van der Waals surface area contributed by atoms with E-state index in [4.69, 9.17) is 0 Å². The van der Waals surface area contributed by atoms with E-state index in [1.165, 1.54) is 23.3 Å². The monoisotopic (exact) mass is 325 g/mol. The van der Waals surface area contributed by atoms with E-state index in [2.05, 4.69) is 30.4 Å². The zero-order chi connectivity index (χ0) is 17.3. The van der Waals surface area contributed by atoms with Crippen molar-refractivity contribution in [3.05, 3.63) is 57.7 Å². The van der Waals surface area contributed by atoms with Gasteiger partial charge in [-0.05, 0) is 20.8 Å². The highest BCUT2D eigenvalue weighted by Crippen LogP contribution is 2.15. The summed E-state index contributed by atoms with van der Waals surface area (Å²) in [4.78, 5) is 39.0. The lowest BCUT2D eigenvalue weighted by Crippen LogP contribution is -2.21. The number of nitrogens with zero attached hydrogens (tertiary/aromatic N) is 5. The maximum atomic E-state index is 12.2. The van der Waals surface area contributed by atoms with Crippen molar-refractivity contribution in [2.75, 3.05) is 5.32 Å². The van der Waals surface area contributed by atoms with Gasteiger partial charge < -0.3 is 5.32 Å². The maximum Gasteiger partial charge on any atom is 0.277 e. The molecule has 0 atom stereocenters. The van der Waals surface area contributed by atoms with Crippen molar-refractivity contribution < 1.29 is 4.79 Å². The van der Waals surface area contributed by atoms with Crippen LogP contribution in [0, 0.1) is 20.8 Å². The molecule has 0 aliphatic carbocycles. The van der Waals surface area contributed by atoms with Gasteiger partial charge in [-0.1, -0.05) is 0 Å². The molecule has 0 fully saturated rings. The predicted octanol–water partition coefficient (Wildman–Crippen LogP) is 0.923. The van der Waals surface area contributed by atoms with Crippen LogP contribution in [-0.4, -0.2) is 35.6 Å². The van der Waals surface area contributed by atoms with Gasteiger partial charge in [-0.3, -0.25) is 19.6 Å². The molecule has 3 aromatic heterocycles. The molecule has 0 spiro atoms. The normalized spacial score (nSPS) is 10.6. The highest BCUT2D eigenvalue weighted by atomic mass is 16.2. The molecule has 3 rings (SSSR count). The smallest absolute Gasteiger partial charge is 0.277 e. The number of rotatable bonds is 3. The van der Waals surface area contributed by atoms with Crippen molar-refractivity contribution in [1.82, 2.24) is 29.7 Å². The summed E-state index contributed by atoms with van der Waals surface area (Å²) in [5.41, 5.74) is 1.70. The van der Waals surface area contributed by atoms with Crippen LogP contribution < -0.4 is 10.9 Å². The summed E-state index contributed by atoms with van der Waals surface area (Å²) < 4.78 is 1.37. The largest absolute Gasteiger partial charge is 0.305 e. The lowest BCUT2D eigenvalue weighted by atomic mass is 10.3. The average molecular weight is 325 g/mol. The van der Waals surface area contributed by atoms with Crippen LogP contribution >= 0.6 is 0 Å². The molecule has 3 aromatic rings. The molecule has 0 bridgehead atoms. The molecule has 9 nitrogen and oxygen atoms in total. The third kappa shape index (κ3) is 2.91. The van der Waals surface area contributed by atoms with Crippen LogP contribution in [0.25, 0.3) is 5.95 Å². The Labute approximate surface area is 136 Å². The van der Waals surface area contributed by atoms with Crippen molar-refractivity contribution in [2.45, 2.75) is 20.8 Å². The van der Waals surface area contributed by atoms with Crippen LogP contribution in [0.2, 0.25) is 0 Å². The molecule has 3 heterocycles. The van der Waals surface area contributed by atoms with E-state index in [-0.39, 0.29) is 17.2 Å². The van der Waals surface area contributed by atoms with E-state index in [1.54, 1.807) is 26.8 Å². The molecule has 122 valence electrons. The first-order chi connectivity index (χ1) is 11.5. The summed E-state index contributed by atoms with van der Waals surface area (Å²) in [5, 5.41) is 6.97. The number of hydrogen-bond donors (Lipinski definition) is 2. The van der Waals surface area contributed by atoms with Crippen LogP contribution in [0.4, 0.5) is 5.82 Å². The van der Waals surface area contributed by atoms with E-state index in [0.717, 1.165) is 0 Å². The number of amides is 1. The minimum absolute atomic E-state index is 0.171. The van der Waals surface area contributed by atoms with Gasteiger partial charge in [-0.2, -0.15) is 9.78 Å². The summed E-state index contributed by atoms with van der Waals surface area (Å²) >= 11 is 0. The highest BCUT2D eigenvalue weighted by molar-refractivity contribution is 6.02. The standard InChI is InChI=1S/C15H15N7O2/c1-8-6-12(19-14(24)11-7-16-4-5-17-11)22(21-8)15-18-10(3)9(2)13(23)20-15/h4-7H,1-3H3,(H,19,24)(H,18,20,23). The Morgan fingerprint density at radius 1 is 1.25 bits per heavy atom. The number of aryl methyl sites for hydroxylation is 2. The second-order valence-corrected chi connectivity index (χ2v) is 5.23. The number of H-pyrrole nitrogens is 1. The number of carbonyl (C=O) groups excluding carboxylic acids is 1. The van der Waals surface area contributed by atoms with Gasteiger partial charge in [0.1, 0.15) is 11.5 Å². The van der Waals surface area contributed by atoms with E-state index in [1.807, 2.05) is 0 Å². The molecule has 0 aliphatic heterocycles. The van der Waals surface area contributed by atoms with E-state index < -0.39 is 5.91 Å². The molecule has 1 amide bonds. The SMILES string of the molecule is Cc1cc(NC(=O)c2cnccn2)n(-c2nc(C)c(C)c(=O)[nH]2)n1. The molecule has 0 saturated carbocycles. The molecule has 0 radical (unpaired) electrons. The van der Waals surface area contributed by atoms with Crippen LogP contribution in [-0.2, 0) is 0 Å². The zero-order valence-electron chi connectivity index (χ0n) is 13.4. The van der Waals surface area contributed by atoms with Crippen molar-refractivity contribution in [3.8, 4) is 5.95 Å². The van der Waals surface area contributed by atoms with Gasteiger partial charge >= 0.3 is 0 Å². The van der Waals surface area contributed by atoms with Gasteiger partial charge in [-0.15, -0.1) is 0 Å². The Kier molecular flexibility index (Phi) is 3.90. The second-order valence-electron chi connectivity index (χ2n) is 5.23. The minimum Gasteiger partial charge on any atom is -0.305 e. The quantitative estimate of drug-likeness (QED) is 0.739. The van der Waals surface area contributed by atoms with Crippen molar-refractivity contribution >= 4 is 11.7 Å². The van der Waals surface area contributed by atoms with Crippen molar-refractivity contribution in [3.63, 3.8) is 0 Å². The first-order valence-electron chi connectivity index (χ1n) is 7.17. The number of anilines is 1. The van der Waals surface area contributed by atoms with Crippen LogP contribution in [0.1, 0.15) is 27.4 Å². The lowest BCUT2D eigenvalue weighted by Gasteiger charge is -2.09. The molecule has 9 heteroatoms.